The highest BCUT2D eigenvalue weighted by Gasteiger charge is 1.95. The first-order valence-corrected chi connectivity index (χ1v) is 6.14. The molecular formula is C10H10BrClS. The molecule has 13 heavy (non-hydrogen) atoms. The van der Waals surface area contributed by atoms with Crippen LogP contribution in [0.3, 0.4) is 0 Å². The third kappa shape index (κ3) is 4.21. The molecule has 70 valence electrons. The zero-order chi connectivity index (χ0) is 9.68. The summed E-state index contributed by atoms with van der Waals surface area (Å²) in [5.74, 6) is 1.44. The highest BCUT2D eigenvalue weighted by atomic mass is 79.9. The third-order valence-electron chi connectivity index (χ3n) is 1.45. The van der Waals surface area contributed by atoms with Crippen molar-refractivity contribution in [2.75, 3.05) is 11.6 Å². The molecule has 0 unspecified atom stereocenters. The second kappa shape index (κ2) is 5.74. The maximum absolute atomic E-state index is 5.62. The molecule has 0 spiro atoms. The molecule has 0 aliphatic rings. The lowest BCUT2D eigenvalue weighted by molar-refractivity contribution is 1.40. The Hall–Kier alpha value is 0.0800. The van der Waals surface area contributed by atoms with E-state index in [1.807, 2.05) is 12.1 Å². The van der Waals surface area contributed by atoms with Gasteiger partial charge >= 0.3 is 0 Å². The fourth-order valence-electron chi connectivity index (χ4n) is 0.755. The molecule has 0 saturated heterocycles. The Morgan fingerprint density at radius 1 is 1.38 bits per heavy atom. The molecule has 1 aromatic carbocycles. The van der Waals surface area contributed by atoms with Crippen molar-refractivity contribution in [3.05, 3.63) is 40.9 Å². The summed E-state index contributed by atoms with van der Waals surface area (Å²) in [5.41, 5.74) is 1.06. The van der Waals surface area contributed by atoms with Gasteiger partial charge in [-0.05, 0) is 24.3 Å². The predicted octanol–water partition coefficient (Wildman–Crippen LogP) is 4.34. The summed E-state index contributed by atoms with van der Waals surface area (Å²) >= 11 is 10.8. The Labute approximate surface area is 96.5 Å². The average molecular weight is 278 g/mol. The van der Waals surface area contributed by atoms with Gasteiger partial charge in [0.15, 0.2) is 0 Å². The number of halogens is 2. The summed E-state index contributed by atoms with van der Waals surface area (Å²) in [7, 11) is 0. The van der Waals surface area contributed by atoms with Gasteiger partial charge < -0.3 is 0 Å². The van der Waals surface area contributed by atoms with Crippen molar-refractivity contribution >= 4 is 39.3 Å². The quantitative estimate of drug-likeness (QED) is 0.448. The lowest BCUT2D eigenvalue weighted by Crippen LogP contribution is -1.85. The van der Waals surface area contributed by atoms with E-state index in [1.165, 1.54) is 4.90 Å². The van der Waals surface area contributed by atoms with E-state index in [2.05, 4.69) is 34.6 Å². The van der Waals surface area contributed by atoms with Gasteiger partial charge in [-0.3, -0.25) is 0 Å². The van der Waals surface area contributed by atoms with Crippen LogP contribution in [0, 0.1) is 0 Å². The Morgan fingerprint density at radius 3 is 2.54 bits per heavy atom. The molecule has 0 heterocycles. The van der Waals surface area contributed by atoms with Crippen molar-refractivity contribution in [2.24, 2.45) is 0 Å². The van der Waals surface area contributed by atoms with Crippen LogP contribution in [-0.2, 0) is 0 Å². The molecule has 0 amide bonds. The zero-order valence-corrected chi connectivity index (χ0v) is 10.3. The van der Waals surface area contributed by atoms with E-state index in [1.54, 1.807) is 11.8 Å². The Morgan fingerprint density at radius 2 is 2.00 bits per heavy atom. The van der Waals surface area contributed by atoms with Crippen LogP contribution in [0.1, 0.15) is 0 Å². The van der Waals surface area contributed by atoms with E-state index in [9.17, 15) is 0 Å². The number of benzene rings is 1. The smallest absolute Gasteiger partial charge is 0.0439 e. The van der Waals surface area contributed by atoms with Gasteiger partial charge in [0.2, 0.25) is 0 Å². The van der Waals surface area contributed by atoms with Gasteiger partial charge in [-0.25, -0.2) is 0 Å². The van der Waals surface area contributed by atoms with Crippen molar-refractivity contribution < 1.29 is 0 Å². The van der Waals surface area contributed by atoms with Crippen molar-refractivity contribution in [1.82, 2.24) is 0 Å². The number of rotatable bonds is 4. The van der Waals surface area contributed by atoms with Crippen LogP contribution in [0.5, 0.6) is 0 Å². The summed E-state index contributed by atoms with van der Waals surface area (Å²) < 4.78 is 1.10. The molecule has 0 bridgehead atoms. The maximum atomic E-state index is 5.62. The lowest BCUT2D eigenvalue weighted by atomic mass is 10.4. The van der Waals surface area contributed by atoms with Crippen LogP contribution in [0.25, 0.3) is 0 Å². The topological polar surface area (TPSA) is 0 Å². The molecule has 1 aromatic rings. The van der Waals surface area contributed by atoms with E-state index in [-0.39, 0.29) is 0 Å². The van der Waals surface area contributed by atoms with Gasteiger partial charge in [-0.2, -0.15) is 0 Å². The van der Waals surface area contributed by atoms with Gasteiger partial charge in [0.25, 0.3) is 0 Å². The first-order valence-electron chi connectivity index (χ1n) is 3.83. The minimum absolute atomic E-state index is 0.545. The van der Waals surface area contributed by atoms with E-state index < -0.39 is 0 Å². The molecule has 0 aromatic heterocycles. The fourth-order valence-corrected chi connectivity index (χ4v) is 2.03. The normalized spacial score (nSPS) is 10.0. The van der Waals surface area contributed by atoms with E-state index in [0.29, 0.717) is 5.88 Å². The molecule has 0 aliphatic heterocycles. The van der Waals surface area contributed by atoms with Crippen molar-refractivity contribution in [1.29, 1.82) is 0 Å². The second-order valence-electron chi connectivity index (χ2n) is 2.63. The van der Waals surface area contributed by atoms with E-state index in [0.717, 1.165) is 15.8 Å². The van der Waals surface area contributed by atoms with Crippen LogP contribution < -0.4 is 0 Å². The summed E-state index contributed by atoms with van der Waals surface area (Å²) in [6.07, 6.45) is 0. The molecule has 3 heteroatoms. The third-order valence-corrected chi connectivity index (χ3v) is 3.51. The zero-order valence-electron chi connectivity index (χ0n) is 7.09. The van der Waals surface area contributed by atoms with E-state index >= 15 is 0 Å². The number of hydrogen-bond acceptors (Lipinski definition) is 1. The average Bonchev–Trinajstić information content (AvgIpc) is 2.16. The number of hydrogen-bond donors (Lipinski definition) is 0. The highest BCUT2D eigenvalue weighted by Crippen LogP contribution is 2.22. The number of thioether (sulfide) groups is 1. The summed E-state index contributed by atoms with van der Waals surface area (Å²) in [6, 6.07) is 8.23. The molecular weight excluding hydrogens is 268 g/mol. The van der Waals surface area contributed by atoms with Gasteiger partial charge in [0, 0.05) is 21.0 Å². The standard InChI is InChI=1S/C10H10BrClS/c1-8(6-12)7-13-10-4-2-9(11)3-5-10/h2-5H,1,6-7H2. The maximum Gasteiger partial charge on any atom is 0.0439 e. The van der Waals surface area contributed by atoms with Gasteiger partial charge in [-0.15, -0.1) is 23.4 Å². The SMILES string of the molecule is C=C(CCl)CSc1ccc(Br)cc1. The Kier molecular flexibility index (Phi) is 4.92. The summed E-state index contributed by atoms with van der Waals surface area (Å²) in [5, 5.41) is 0. The minimum Gasteiger partial charge on any atom is -0.122 e. The highest BCUT2D eigenvalue weighted by molar-refractivity contribution is 9.10. The van der Waals surface area contributed by atoms with Gasteiger partial charge in [0.1, 0.15) is 0 Å². The monoisotopic (exact) mass is 276 g/mol. The lowest BCUT2D eigenvalue weighted by Gasteiger charge is -2.01. The minimum atomic E-state index is 0.545. The van der Waals surface area contributed by atoms with Crippen LogP contribution >= 0.6 is 39.3 Å². The number of alkyl halides is 1. The first kappa shape index (κ1) is 11.2. The Balaban J connectivity index is 2.46. The van der Waals surface area contributed by atoms with Crippen LogP contribution in [0.2, 0.25) is 0 Å². The van der Waals surface area contributed by atoms with Crippen LogP contribution in [0.15, 0.2) is 45.8 Å². The molecule has 0 aliphatic carbocycles. The molecule has 0 fully saturated rings. The first-order chi connectivity index (χ1) is 6.22. The Bertz CT molecular complexity index is 281. The van der Waals surface area contributed by atoms with Gasteiger partial charge in [-0.1, -0.05) is 28.1 Å². The molecule has 0 saturated carbocycles. The summed E-state index contributed by atoms with van der Waals surface area (Å²) in [4.78, 5) is 1.24. The van der Waals surface area contributed by atoms with Crippen molar-refractivity contribution in [2.45, 2.75) is 4.90 Å². The van der Waals surface area contributed by atoms with Crippen molar-refractivity contribution in [3.63, 3.8) is 0 Å². The largest absolute Gasteiger partial charge is 0.122 e. The molecule has 0 atom stereocenters. The van der Waals surface area contributed by atoms with Crippen LogP contribution in [-0.4, -0.2) is 11.6 Å². The fraction of sp³-hybridized carbons (Fsp3) is 0.200. The van der Waals surface area contributed by atoms with Crippen molar-refractivity contribution in [3.8, 4) is 0 Å². The molecule has 1 rings (SSSR count). The molecule has 0 nitrogen and oxygen atoms in total. The van der Waals surface area contributed by atoms with Crippen LogP contribution in [0.4, 0.5) is 0 Å². The van der Waals surface area contributed by atoms with Gasteiger partial charge in [0.05, 0.1) is 0 Å². The molecule has 0 radical (unpaired) electrons. The second-order valence-corrected chi connectivity index (χ2v) is 4.86. The molecule has 0 N–H and O–H groups in total. The predicted molar refractivity (Wildman–Crippen MR) is 64.7 cm³/mol. The van der Waals surface area contributed by atoms with E-state index in [4.69, 9.17) is 11.6 Å². The summed E-state index contributed by atoms with van der Waals surface area (Å²) in [6.45, 7) is 3.84.